The van der Waals surface area contributed by atoms with E-state index >= 15 is 0 Å². The molecular formula is C32H33ClN4O3S. The van der Waals surface area contributed by atoms with Crippen LogP contribution in [0.2, 0.25) is 0 Å². The minimum atomic E-state index is -0.186. The summed E-state index contributed by atoms with van der Waals surface area (Å²) in [5, 5.41) is 3.17. The predicted octanol–water partition coefficient (Wildman–Crippen LogP) is 5.97. The minimum Gasteiger partial charge on any atom is -0.373 e. The van der Waals surface area contributed by atoms with E-state index in [4.69, 9.17) is 21.3 Å². The Hall–Kier alpha value is -3.59. The number of hydrogen-bond acceptors (Lipinski definition) is 7. The third kappa shape index (κ3) is 7.01. The normalized spacial score (nSPS) is 19.1. The highest BCUT2D eigenvalue weighted by Gasteiger charge is 2.24. The number of ketones is 1. The molecule has 0 bridgehead atoms. The molecule has 5 rings (SSSR count). The lowest BCUT2D eigenvalue weighted by molar-refractivity contribution is -0.119. The fourth-order valence-corrected chi connectivity index (χ4v) is 6.08. The Morgan fingerprint density at radius 3 is 2.34 bits per heavy atom. The van der Waals surface area contributed by atoms with Crippen molar-refractivity contribution in [1.29, 1.82) is 0 Å². The van der Waals surface area contributed by atoms with Gasteiger partial charge in [-0.2, -0.15) is 0 Å². The second-order valence-corrected chi connectivity index (χ2v) is 11.7. The number of carbonyl (C=O) groups excluding carboxylic acids is 2. The summed E-state index contributed by atoms with van der Waals surface area (Å²) in [6.45, 7) is 3.55. The van der Waals surface area contributed by atoms with Crippen molar-refractivity contribution in [2.75, 3.05) is 49.3 Å². The highest BCUT2D eigenvalue weighted by Crippen LogP contribution is 2.38. The molecular weight excluding hydrogens is 556 g/mol. The number of allylic oxidation sites excluding steroid dienone is 2. The molecule has 0 spiro atoms. The Bertz CT molecular complexity index is 1470. The van der Waals surface area contributed by atoms with Gasteiger partial charge < -0.3 is 19.9 Å². The molecule has 212 valence electrons. The number of Topliss-reactive ketones (excluding diaryl/α,β-unsaturated/α-hetero) is 1. The smallest absolute Gasteiger partial charge is 0.239 e. The first-order valence-electron chi connectivity index (χ1n) is 13.5. The first-order chi connectivity index (χ1) is 19.8. The number of rotatable bonds is 9. The maximum atomic E-state index is 12.6. The zero-order valence-corrected chi connectivity index (χ0v) is 24.9. The van der Waals surface area contributed by atoms with Crippen LogP contribution >= 0.6 is 23.4 Å². The molecule has 1 heterocycles. The number of benzene rings is 3. The molecule has 0 radical (unpaired) electrons. The number of nitrogens with zero attached hydrogens (tertiary/aromatic N) is 3. The third-order valence-corrected chi connectivity index (χ3v) is 8.69. The van der Waals surface area contributed by atoms with E-state index in [1.54, 1.807) is 12.1 Å². The van der Waals surface area contributed by atoms with Gasteiger partial charge in [-0.1, -0.05) is 48.0 Å². The second-order valence-electron chi connectivity index (χ2n) is 10.2. The van der Waals surface area contributed by atoms with Crippen LogP contribution in [0.25, 0.3) is 0 Å². The molecule has 41 heavy (non-hydrogen) atoms. The van der Waals surface area contributed by atoms with Crippen molar-refractivity contribution in [1.82, 2.24) is 5.32 Å². The minimum absolute atomic E-state index is 0.0300. The van der Waals surface area contributed by atoms with Crippen LogP contribution in [0.3, 0.4) is 0 Å². The van der Waals surface area contributed by atoms with E-state index in [9.17, 15) is 9.59 Å². The fraction of sp³-hybridized carbons (Fsp3) is 0.281. The summed E-state index contributed by atoms with van der Waals surface area (Å²) in [5.41, 5.74) is 5.99. The number of nitrogens with one attached hydrogen (secondary N) is 1. The molecule has 1 aliphatic heterocycles. The Morgan fingerprint density at radius 2 is 1.66 bits per heavy atom. The van der Waals surface area contributed by atoms with E-state index < -0.39 is 0 Å². The molecule has 2 unspecified atom stereocenters. The van der Waals surface area contributed by atoms with Crippen molar-refractivity contribution in [2.24, 2.45) is 4.99 Å². The molecule has 1 amide bonds. The first kappa shape index (κ1) is 28.9. The largest absolute Gasteiger partial charge is 0.373 e. The average Bonchev–Trinajstić information content (AvgIpc) is 3.42. The van der Waals surface area contributed by atoms with Crippen LogP contribution in [0.5, 0.6) is 0 Å². The van der Waals surface area contributed by atoms with Crippen molar-refractivity contribution in [3.63, 3.8) is 0 Å². The lowest BCUT2D eigenvalue weighted by Gasteiger charge is -2.22. The Labute approximate surface area is 250 Å². The van der Waals surface area contributed by atoms with Crippen LogP contribution in [-0.4, -0.2) is 63.0 Å². The summed E-state index contributed by atoms with van der Waals surface area (Å²) in [6, 6.07) is 23.4. The van der Waals surface area contributed by atoms with Gasteiger partial charge in [-0.3, -0.25) is 9.59 Å². The van der Waals surface area contributed by atoms with Crippen LogP contribution in [-0.2, 0) is 9.53 Å². The van der Waals surface area contributed by atoms with Gasteiger partial charge in [0, 0.05) is 55.4 Å². The van der Waals surface area contributed by atoms with Crippen LogP contribution in [0.4, 0.5) is 17.1 Å². The number of anilines is 2. The van der Waals surface area contributed by atoms with Gasteiger partial charge in [-0.25, -0.2) is 4.99 Å². The van der Waals surface area contributed by atoms with E-state index in [1.165, 1.54) is 0 Å². The monoisotopic (exact) mass is 588 g/mol. The van der Waals surface area contributed by atoms with E-state index in [2.05, 4.69) is 29.3 Å². The average molecular weight is 589 g/mol. The van der Waals surface area contributed by atoms with Crippen molar-refractivity contribution >= 4 is 57.8 Å². The first-order valence-corrected chi connectivity index (χ1v) is 15.0. The zero-order valence-electron chi connectivity index (χ0n) is 23.3. The zero-order chi connectivity index (χ0) is 28.9. The summed E-state index contributed by atoms with van der Waals surface area (Å²) >= 11 is 7.99. The molecule has 1 N–H and O–H groups in total. The number of likely N-dealkylation sites (N-methyl/N-ethyl adjacent to an activating group) is 2. The maximum absolute atomic E-state index is 12.6. The van der Waals surface area contributed by atoms with Crippen molar-refractivity contribution in [3.05, 3.63) is 101 Å². The number of hydrogen-bond donors (Lipinski definition) is 1. The van der Waals surface area contributed by atoms with Gasteiger partial charge in [0.2, 0.25) is 11.7 Å². The van der Waals surface area contributed by atoms with Gasteiger partial charge >= 0.3 is 0 Å². The van der Waals surface area contributed by atoms with Gasteiger partial charge in [-0.15, -0.1) is 11.8 Å². The predicted molar refractivity (Wildman–Crippen MR) is 169 cm³/mol. The number of aliphatic imine (C=N–C) groups is 1. The van der Waals surface area contributed by atoms with Crippen LogP contribution in [0.1, 0.15) is 33.8 Å². The number of fused-ring (bicyclic) bond motifs is 1. The van der Waals surface area contributed by atoms with Crippen molar-refractivity contribution in [3.8, 4) is 0 Å². The molecule has 9 heteroatoms. The molecule has 1 fully saturated rings. The molecule has 7 nitrogen and oxygen atoms in total. The van der Waals surface area contributed by atoms with E-state index in [1.807, 2.05) is 85.4 Å². The summed E-state index contributed by atoms with van der Waals surface area (Å²) < 4.78 is 5.92. The fourth-order valence-electron chi connectivity index (χ4n) is 4.74. The molecule has 0 aromatic heterocycles. The number of halogens is 1. The molecule has 1 saturated heterocycles. The maximum Gasteiger partial charge on any atom is 0.239 e. The van der Waals surface area contributed by atoms with Gasteiger partial charge in [0.15, 0.2) is 0 Å². The van der Waals surface area contributed by atoms with Gasteiger partial charge in [-0.05, 0) is 55.0 Å². The number of amides is 1. The SMILES string of the molecule is CC1CSC(c2ccc(N(C)CC(=O)NCCN(C)c3ccc(N=C4C=C(Cl)C(=O)c5ccccc54)cc3)cc2)O1. The highest BCUT2D eigenvalue weighted by molar-refractivity contribution is 7.99. The second kappa shape index (κ2) is 12.9. The van der Waals surface area contributed by atoms with Crippen LogP contribution in [0, 0.1) is 0 Å². The lowest BCUT2D eigenvalue weighted by Crippen LogP contribution is -2.38. The molecule has 3 aromatic rings. The Morgan fingerprint density at radius 1 is 1.00 bits per heavy atom. The molecule has 2 atom stereocenters. The standard InChI is InChI=1S/C32H33ClN4O3S/c1-21-20-41-32(40-21)22-8-12-25(13-9-22)37(3)19-30(38)34-16-17-36(2)24-14-10-23(11-15-24)35-29-18-28(33)31(39)27-7-5-4-6-26(27)29/h4-15,18,21,32H,16-17,19-20H2,1-3H3,(H,34,38). The molecule has 2 aliphatic rings. The number of carbonyl (C=O) groups is 2. The summed E-state index contributed by atoms with van der Waals surface area (Å²) in [7, 11) is 3.90. The number of ether oxygens (including phenoxy) is 1. The third-order valence-electron chi connectivity index (χ3n) is 7.06. The number of thioether (sulfide) groups is 1. The van der Waals surface area contributed by atoms with E-state index in [-0.39, 0.29) is 34.8 Å². The summed E-state index contributed by atoms with van der Waals surface area (Å²) in [4.78, 5) is 33.7. The van der Waals surface area contributed by atoms with Gasteiger partial charge in [0.05, 0.1) is 29.1 Å². The lowest BCUT2D eigenvalue weighted by atomic mass is 9.94. The Kier molecular flexibility index (Phi) is 9.12. The van der Waals surface area contributed by atoms with Crippen LogP contribution < -0.4 is 15.1 Å². The quantitative estimate of drug-likeness (QED) is 0.332. The molecule has 3 aromatic carbocycles. The molecule has 1 aliphatic carbocycles. The van der Waals surface area contributed by atoms with Crippen molar-refractivity contribution in [2.45, 2.75) is 18.5 Å². The topological polar surface area (TPSA) is 74.2 Å². The van der Waals surface area contributed by atoms with E-state index in [0.29, 0.717) is 24.4 Å². The highest BCUT2D eigenvalue weighted by atomic mass is 35.5. The van der Waals surface area contributed by atoms with Crippen LogP contribution in [0.15, 0.2) is 88.9 Å². The summed E-state index contributed by atoms with van der Waals surface area (Å²) in [6.07, 6.45) is 1.90. The van der Waals surface area contributed by atoms with Crippen molar-refractivity contribution < 1.29 is 14.3 Å². The Balaban J connectivity index is 1.10. The van der Waals surface area contributed by atoms with E-state index in [0.717, 1.165) is 33.9 Å². The van der Waals surface area contributed by atoms with Gasteiger partial charge in [0.1, 0.15) is 5.44 Å². The molecule has 0 saturated carbocycles. The summed E-state index contributed by atoms with van der Waals surface area (Å²) in [5.74, 6) is 0.794. The van der Waals surface area contributed by atoms with Gasteiger partial charge in [0.25, 0.3) is 0 Å².